The van der Waals surface area contributed by atoms with Crippen LogP contribution in [-0.2, 0) is 0 Å². The monoisotopic (exact) mass is 284 g/mol. The van der Waals surface area contributed by atoms with E-state index in [4.69, 9.17) is 34.8 Å². The molecule has 0 heterocycles. The molecule has 0 aromatic heterocycles. The van der Waals surface area contributed by atoms with Gasteiger partial charge in [0.15, 0.2) is 0 Å². The smallest absolute Gasteiger partial charge is 0.0850 e. The molecule has 0 fully saturated rings. The highest BCUT2D eigenvalue weighted by Crippen LogP contribution is 2.36. The van der Waals surface area contributed by atoms with Gasteiger partial charge in [0, 0.05) is 0 Å². The first-order valence-corrected chi connectivity index (χ1v) is 6.43. The Hall–Kier alpha value is -0.690. The van der Waals surface area contributed by atoms with E-state index in [0.717, 1.165) is 11.1 Å². The first-order valence-electron chi connectivity index (χ1n) is 5.24. The van der Waals surface area contributed by atoms with Gasteiger partial charge in [0.2, 0.25) is 0 Å². The van der Waals surface area contributed by atoms with Crippen molar-refractivity contribution in [2.24, 2.45) is 0 Å². The van der Waals surface area contributed by atoms with Crippen molar-refractivity contribution in [1.82, 2.24) is 0 Å². The molecule has 0 radical (unpaired) electrons. The van der Waals surface area contributed by atoms with E-state index in [0.29, 0.717) is 10.0 Å². The van der Waals surface area contributed by atoms with Gasteiger partial charge in [-0.1, -0.05) is 65.2 Å². The van der Waals surface area contributed by atoms with Crippen LogP contribution in [0.25, 0.3) is 0 Å². The van der Waals surface area contributed by atoms with Gasteiger partial charge in [0.25, 0.3) is 0 Å². The van der Waals surface area contributed by atoms with Crippen LogP contribution in [0.1, 0.15) is 22.1 Å². The highest BCUT2D eigenvalue weighted by molar-refractivity contribution is 6.43. The molecular formula is C14H11Cl3. The maximum absolute atomic E-state index is 6.42. The molecule has 0 saturated heterocycles. The molecule has 88 valence electrons. The first-order chi connectivity index (χ1) is 8.09. The van der Waals surface area contributed by atoms with Crippen LogP contribution in [0, 0.1) is 6.92 Å². The molecule has 0 bridgehead atoms. The fraction of sp³-hybridized carbons (Fsp3) is 0.143. The normalized spacial score (nSPS) is 12.5. The Balaban J connectivity index is 2.40. The topological polar surface area (TPSA) is 0 Å². The predicted molar refractivity (Wildman–Crippen MR) is 75.3 cm³/mol. The highest BCUT2D eigenvalue weighted by Gasteiger charge is 2.15. The lowest BCUT2D eigenvalue weighted by atomic mass is 10.0. The Bertz CT molecular complexity index is 517. The van der Waals surface area contributed by atoms with Crippen molar-refractivity contribution in [3.63, 3.8) is 0 Å². The average Bonchev–Trinajstić information content (AvgIpc) is 2.33. The molecule has 2 aromatic carbocycles. The van der Waals surface area contributed by atoms with E-state index in [1.165, 1.54) is 5.56 Å². The third-order valence-electron chi connectivity index (χ3n) is 2.62. The van der Waals surface area contributed by atoms with Crippen LogP contribution < -0.4 is 0 Å². The van der Waals surface area contributed by atoms with Gasteiger partial charge in [-0.3, -0.25) is 0 Å². The third kappa shape index (κ3) is 2.77. The van der Waals surface area contributed by atoms with Crippen molar-refractivity contribution in [1.29, 1.82) is 0 Å². The van der Waals surface area contributed by atoms with Crippen LogP contribution in [0.4, 0.5) is 0 Å². The lowest BCUT2D eigenvalue weighted by Crippen LogP contribution is -1.94. The first kappa shape index (κ1) is 12.8. The molecule has 0 aliphatic heterocycles. The van der Waals surface area contributed by atoms with Crippen LogP contribution in [0.2, 0.25) is 10.0 Å². The molecule has 0 amide bonds. The molecule has 0 aliphatic rings. The molecule has 1 unspecified atom stereocenters. The summed E-state index contributed by atoms with van der Waals surface area (Å²) in [4.78, 5) is 0. The lowest BCUT2D eigenvalue weighted by molar-refractivity contribution is 1.14. The SMILES string of the molecule is Cc1ccc(C(Cl)c2cccc(Cl)c2Cl)cc1. The van der Waals surface area contributed by atoms with Crippen molar-refractivity contribution < 1.29 is 0 Å². The summed E-state index contributed by atoms with van der Waals surface area (Å²) >= 11 is 18.6. The molecule has 0 nitrogen and oxygen atoms in total. The van der Waals surface area contributed by atoms with Crippen molar-refractivity contribution in [3.8, 4) is 0 Å². The van der Waals surface area contributed by atoms with Gasteiger partial charge >= 0.3 is 0 Å². The number of hydrogen-bond acceptors (Lipinski definition) is 0. The van der Waals surface area contributed by atoms with E-state index in [9.17, 15) is 0 Å². The van der Waals surface area contributed by atoms with Gasteiger partial charge in [-0.15, -0.1) is 11.6 Å². The number of alkyl halides is 1. The van der Waals surface area contributed by atoms with E-state index in [-0.39, 0.29) is 5.38 Å². The van der Waals surface area contributed by atoms with Gasteiger partial charge in [0.05, 0.1) is 15.4 Å². The van der Waals surface area contributed by atoms with Gasteiger partial charge in [-0.25, -0.2) is 0 Å². The van der Waals surface area contributed by atoms with Crippen LogP contribution in [0.15, 0.2) is 42.5 Å². The standard InChI is InChI=1S/C14H11Cl3/c1-9-5-7-10(8-6-9)13(16)11-3-2-4-12(15)14(11)17/h2-8,13H,1H3. The van der Waals surface area contributed by atoms with Crippen molar-refractivity contribution in [2.75, 3.05) is 0 Å². The molecule has 3 heteroatoms. The number of hydrogen-bond donors (Lipinski definition) is 0. The summed E-state index contributed by atoms with van der Waals surface area (Å²) in [5, 5.41) is 0.776. The summed E-state index contributed by atoms with van der Waals surface area (Å²) in [5.41, 5.74) is 3.06. The molecule has 2 rings (SSSR count). The molecule has 0 saturated carbocycles. The van der Waals surface area contributed by atoms with E-state index in [2.05, 4.69) is 0 Å². The molecule has 2 aromatic rings. The summed E-state index contributed by atoms with van der Waals surface area (Å²) in [5.74, 6) is 0. The molecule has 0 spiro atoms. The maximum Gasteiger partial charge on any atom is 0.0850 e. The number of aryl methyl sites for hydroxylation is 1. The zero-order chi connectivity index (χ0) is 12.4. The minimum Gasteiger partial charge on any atom is -0.113 e. The van der Waals surface area contributed by atoms with Crippen LogP contribution in [0.5, 0.6) is 0 Å². The molecule has 0 aliphatic carbocycles. The largest absolute Gasteiger partial charge is 0.113 e. The van der Waals surface area contributed by atoms with E-state index in [1.807, 2.05) is 43.3 Å². The second kappa shape index (κ2) is 5.30. The Morgan fingerprint density at radius 3 is 2.24 bits per heavy atom. The average molecular weight is 286 g/mol. The van der Waals surface area contributed by atoms with Gasteiger partial charge in [-0.05, 0) is 24.1 Å². The van der Waals surface area contributed by atoms with Gasteiger partial charge in [-0.2, -0.15) is 0 Å². The van der Waals surface area contributed by atoms with Crippen LogP contribution >= 0.6 is 34.8 Å². The van der Waals surface area contributed by atoms with Crippen LogP contribution in [-0.4, -0.2) is 0 Å². The van der Waals surface area contributed by atoms with E-state index < -0.39 is 0 Å². The Morgan fingerprint density at radius 1 is 0.941 bits per heavy atom. The van der Waals surface area contributed by atoms with E-state index >= 15 is 0 Å². The molecule has 1 atom stereocenters. The Labute approximate surface area is 116 Å². The van der Waals surface area contributed by atoms with E-state index in [1.54, 1.807) is 6.07 Å². The molecule has 0 N–H and O–H groups in total. The highest BCUT2D eigenvalue weighted by atomic mass is 35.5. The number of halogens is 3. The Kier molecular flexibility index (Phi) is 3.98. The zero-order valence-electron chi connectivity index (χ0n) is 9.25. The fourth-order valence-corrected chi connectivity index (χ4v) is 2.43. The summed E-state index contributed by atoms with van der Waals surface area (Å²) in [6.07, 6.45) is 0. The summed E-state index contributed by atoms with van der Waals surface area (Å²) in [6.45, 7) is 2.04. The molecular weight excluding hydrogens is 275 g/mol. The second-order valence-corrected chi connectivity index (χ2v) is 5.14. The quantitative estimate of drug-likeness (QED) is 0.627. The van der Waals surface area contributed by atoms with Crippen molar-refractivity contribution >= 4 is 34.8 Å². The van der Waals surface area contributed by atoms with Crippen molar-refractivity contribution in [3.05, 3.63) is 69.2 Å². The summed E-state index contributed by atoms with van der Waals surface area (Å²) < 4.78 is 0. The lowest BCUT2D eigenvalue weighted by Gasteiger charge is -2.13. The maximum atomic E-state index is 6.42. The Morgan fingerprint density at radius 2 is 1.59 bits per heavy atom. The van der Waals surface area contributed by atoms with Crippen LogP contribution in [0.3, 0.4) is 0 Å². The number of rotatable bonds is 2. The summed E-state index contributed by atoms with van der Waals surface area (Å²) in [6, 6.07) is 13.6. The molecule has 17 heavy (non-hydrogen) atoms. The fourth-order valence-electron chi connectivity index (χ4n) is 1.63. The van der Waals surface area contributed by atoms with Gasteiger partial charge in [0.1, 0.15) is 0 Å². The summed E-state index contributed by atoms with van der Waals surface area (Å²) in [7, 11) is 0. The minimum atomic E-state index is -0.276. The number of benzene rings is 2. The minimum absolute atomic E-state index is 0.276. The van der Waals surface area contributed by atoms with Crippen molar-refractivity contribution in [2.45, 2.75) is 12.3 Å². The second-order valence-electron chi connectivity index (χ2n) is 3.92. The predicted octanol–water partition coefficient (Wildman–Crippen LogP) is 5.63. The zero-order valence-corrected chi connectivity index (χ0v) is 11.5. The van der Waals surface area contributed by atoms with Gasteiger partial charge < -0.3 is 0 Å². The third-order valence-corrected chi connectivity index (χ3v) is 3.95.